The van der Waals surface area contributed by atoms with Gasteiger partial charge in [-0.05, 0) is 48.6 Å². The third kappa shape index (κ3) is 6.82. The maximum Gasteiger partial charge on any atom is 0.279 e. The number of carbonyl (C=O) groups is 2. The van der Waals surface area contributed by atoms with E-state index in [0.717, 1.165) is 12.0 Å². The first kappa shape index (κ1) is 23.8. The van der Waals surface area contributed by atoms with Crippen molar-refractivity contribution >= 4 is 35.0 Å². The largest absolute Gasteiger partial charge is 0.482 e. The SMILES string of the molecule is CCC(Oc1ccccc1C(C)CC)C(=O)NNC(=O)COc1ccc(Cl)cc1Cl. The van der Waals surface area contributed by atoms with E-state index in [9.17, 15) is 9.59 Å². The Balaban J connectivity index is 1.89. The fourth-order valence-corrected chi connectivity index (χ4v) is 3.14. The first-order chi connectivity index (χ1) is 14.3. The summed E-state index contributed by atoms with van der Waals surface area (Å²) in [5, 5.41) is 0.753. The van der Waals surface area contributed by atoms with Gasteiger partial charge in [0.25, 0.3) is 11.8 Å². The molecule has 2 unspecified atom stereocenters. The highest BCUT2D eigenvalue weighted by Crippen LogP contribution is 2.29. The highest BCUT2D eigenvalue weighted by atomic mass is 35.5. The van der Waals surface area contributed by atoms with Gasteiger partial charge in [-0.3, -0.25) is 20.4 Å². The quantitative estimate of drug-likeness (QED) is 0.530. The van der Waals surface area contributed by atoms with Crippen LogP contribution in [0.5, 0.6) is 11.5 Å². The molecule has 8 heteroatoms. The molecule has 0 aromatic heterocycles. The van der Waals surface area contributed by atoms with Gasteiger partial charge in [0.1, 0.15) is 11.5 Å². The number of nitrogens with one attached hydrogen (secondary N) is 2. The fourth-order valence-electron chi connectivity index (χ4n) is 2.67. The second-order valence-electron chi connectivity index (χ2n) is 6.76. The number of rotatable bonds is 9. The Morgan fingerprint density at radius 2 is 1.73 bits per heavy atom. The zero-order chi connectivity index (χ0) is 22.1. The van der Waals surface area contributed by atoms with Crippen molar-refractivity contribution in [2.24, 2.45) is 0 Å². The van der Waals surface area contributed by atoms with E-state index in [1.807, 2.05) is 31.2 Å². The molecule has 2 aromatic rings. The second kappa shape index (κ2) is 11.7. The third-order valence-electron chi connectivity index (χ3n) is 4.57. The lowest BCUT2D eigenvalue weighted by Crippen LogP contribution is -2.49. The number of hydrogen-bond donors (Lipinski definition) is 2. The van der Waals surface area contributed by atoms with Crippen LogP contribution in [0.15, 0.2) is 42.5 Å². The van der Waals surface area contributed by atoms with Crippen LogP contribution < -0.4 is 20.3 Å². The molecule has 0 spiro atoms. The Labute approximate surface area is 186 Å². The number of halogens is 2. The summed E-state index contributed by atoms with van der Waals surface area (Å²) in [6.07, 6.45) is 0.645. The molecule has 0 aliphatic rings. The van der Waals surface area contributed by atoms with Gasteiger partial charge in [-0.25, -0.2) is 0 Å². The molecular weight excluding hydrogens is 427 g/mol. The molecule has 2 aromatic carbocycles. The van der Waals surface area contributed by atoms with Crippen LogP contribution in [-0.2, 0) is 9.59 Å². The maximum atomic E-state index is 12.5. The number of carbonyl (C=O) groups excluding carboxylic acids is 2. The summed E-state index contributed by atoms with van der Waals surface area (Å²) in [5.41, 5.74) is 5.74. The summed E-state index contributed by atoms with van der Waals surface area (Å²) in [4.78, 5) is 24.5. The molecule has 162 valence electrons. The number of benzene rings is 2. The van der Waals surface area contributed by atoms with Crippen LogP contribution in [0.3, 0.4) is 0 Å². The lowest BCUT2D eigenvalue weighted by Gasteiger charge is -2.21. The van der Waals surface area contributed by atoms with Gasteiger partial charge in [-0.1, -0.05) is 62.2 Å². The summed E-state index contributed by atoms with van der Waals surface area (Å²) in [6, 6.07) is 12.3. The van der Waals surface area contributed by atoms with Crippen molar-refractivity contribution in [1.82, 2.24) is 10.9 Å². The van der Waals surface area contributed by atoms with E-state index in [2.05, 4.69) is 24.7 Å². The van der Waals surface area contributed by atoms with E-state index >= 15 is 0 Å². The first-order valence-electron chi connectivity index (χ1n) is 9.77. The Bertz CT molecular complexity index is 876. The van der Waals surface area contributed by atoms with Crippen molar-refractivity contribution in [3.8, 4) is 11.5 Å². The van der Waals surface area contributed by atoms with E-state index in [1.165, 1.54) is 6.07 Å². The molecule has 0 heterocycles. The Kier molecular flexibility index (Phi) is 9.27. The second-order valence-corrected chi connectivity index (χ2v) is 7.61. The van der Waals surface area contributed by atoms with Gasteiger partial charge >= 0.3 is 0 Å². The van der Waals surface area contributed by atoms with Crippen LogP contribution in [0.25, 0.3) is 0 Å². The highest BCUT2D eigenvalue weighted by Gasteiger charge is 2.21. The Hall–Kier alpha value is -2.44. The minimum atomic E-state index is -0.748. The molecule has 30 heavy (non-hydrogen) atoms. The number of para-hydroxylation sites is 1. The zero-order valence-electron chi connectivity index (χ0n) is 17.2. The van der Waals surface area contributed by atoms with Crippen molar-refractivity contribution in [3.05, 3.63) is 58.1 Å². The van der Waals surface area contributed by atoms with Crippen molar-refractivity contribution in [3.63, 3.8) is 0 Å². The van der Waals surface area contributed by atoms with Gasteiger partial charge < -0.3 is 9.47 Å². The lowest BCUT2D eigenvalue weighted by atomic mass is 9.98. The van der Waals surface area contributed by atoms with Crippen LogP contribution >= 0.6 is 23.2 Å². The van der Waals surface area contributed by atoms with Crippen molar-refractivity contribution in [1.29, 1.82) is 0 Å². The molecule has 0 bridgehead atoms. The zero-order valence-corrected chi connectivity index (χ0v) is 18.7. The predicted molar refractivity (Wildman–Crippen MR) is 118 cm³/mol. The van der Waals surface area contributed by atoms with Crippen molar-refractivity contribution < 1.29 is 19.1 Å². The molecule has 2 amide bonds. The fraction of sp³-hybridized carbons (Fsp3) is 0.364. The summed E-state index contributed by atoms with van der Waals surface area (Å²) in [6.45, 7) is 5.72. The van der Waals surface area contributed by atoms with Crippen LogP contribution in [0, 0.1) is 0 Å². The topological polar surface area (TPSA) is 76.7 Å². The molecule has 2 atom stereocenters. The van der Waals surface area contributed by atoms with Crippen molar-refractivity contribution in [2.45, 2.75) is 45.6 Å². The number of ether oxygens (including phenoxy) is 2. The molecule has 0 saturated carbocycles. The smallest absolute Gasteiger partial charge is 0.279 e. The third-order valence-corrected chi connectivity index (χ3v) is 5.10. The van der Waals surface area contributed by atoms with Gasteiger partial charge in [0.2, 0.25) is 0 Å². The molecule has 0 radical (unpaired) electrons. The monoisotopic (exact) mass is 452 g/mol. The van der Waals surface area contributed by atoms with Crippen molar-refractivity contribution in [2.75, 3.05) is 6.61 Å². The normalized spacial score (nSPS) is 12.6. The van der Waals surface area contributed by atoms with Gasteiger partial charge in [0.15, 0.2) is 12.7 Å². The standard InChI is InChI=1S/C22H26Cl2N2O4/c1-4-14(3)16-8-6-7-9-19(16)30-18(5-2)22(28)26-25-21(27)13-29-20-11-10-15(23)12-17(20)24/h6-12,14,18H,4-5,13H2,1-3H3,(H,25,27)(H,26,28). The Morgan fingerprint density at radius 3 is 2.40 bits per heavy atom. The van der Waals surface area contributed by atoms with E-state index in [4.69, 9.17) is 32.7 Å². The van der Waals surface area contributed by atoms with Gasteiger partial charge in [0, 0.05) is 5.02 Å². The molecular formula is C22H26Cl2N2O4. The van der Waals surface area contributed by atoms with Crippen LogP contribution in [0.2, 0.25) is 10.0 Å². The summed E-state index contributed by atoms with van der Waals surface area (Å²) < 4.78 is 11.3. The summed E-state index contributed by atoms with van der Waals surface area (Å²) in [7, 11) is 0. The van der Waals surface area contributed by atoms with E-state index in [1.54, 1.807) is 12.1 Å². The number of hydrogen-bond acceptors (Lipinski definition) is 4. The molecule has 0 aliphatic heterocycles. The van der Waals surface area contributed by atoms with Gasteiger partial charge in [0.05, 0.1) is 5.02 Å². The van der Waals surface area contributed by atoms with Gasteiger partial charge in [-0.2, -0.15) is 0 Å². The highest BCUT2D eigenvalue weighted by molar-refractivity contribution is 6.35. The van der Waals surface area contributed by atoms with Gasteiger partial charge in [-0.15, -0.1) is 0 Å². The Morgan fingerprint density at radius 1 is 1.00 bits per heavy atom. The first-order valence-corrected chi connectivity index (χ1v) is 10.5. The molecule has 0 saturated heterocycles. The van der Waals surface area contributed by atoms with Crippen LogP contribution in [0.4, 0.5) is 0 Å². The molecule has 0 fully saturated rings. The summed E-state index contributed by atoms with van der Waals surface area (Å²) in [5.74, 6) is 0.303. The average molecular weight is 453 g/mol. The summed E-state index contributed by atoms with van der Waals surface area (Å²) >= 11 is 11.8. The molecule has 6 nitrogen and oxygen atoms in total. The minimum Gasteiger partial charge on any atom is -0.482 e. The van der Waals surface area contributed by atoms with E-state index in [-0.39, 0.29) is 6.61 Å². The minimum absolute atomic E-state index is 0.291. The average Bonchev–Trinajstić information content (AvgIpc) is 2.74. The lowest BCUT2D eigenvalue weighted by molar-refractivity contribution is -0.134. The molecule has 2 N–H and O–H groups in total. The maximum absolute atomic E-state index is 12.5. The van der Waals surface area contributed by atoms with Crippen LogP contribution in [0.1, 0.15) is 45.1 Å². The van der Waals surface area contributed by atoms with E-state index < -0.39 is 17.9 Å². The van der Waals surface area contributed by atoms with E-state index in [0.29, 0.717) is 33.9 Å². The number of amides is 2. The predicted octanol–water partition coefficient (Wildman–Crippen LogP) is 4.89. The van der Waals surface area contributed by atoms with Crippen LogP contribution in [-0.4, -0.2) is 24.5 Å². The number of hydrazine groups is 1. The molecule has 0 aliphatic carbocycles. The molecule has 2 rings (SSSR count).